The topological polar surface area (TPSA) is 34.1 Å². The van der Waals surface area contributed by atoms with Gasteiger partial charge in [-0.25, -0.2) is 8.42 Å². The van der Waals surface area contributed by atoms with Gasteiger partial charge in [-0.05, 0) is 11.4 Å². The quantitative estimate of drug-likeness (QED) is 0.614. The Morgan fingerprint density at radius 2 is 2.33 bits per heavy atom. The van der Waals surface area contributed by atoms with E-state index in [4.69, 9.17) is 0 Å². The van der Waals surface area contributed by atoms with Crippen LogP contribution < -0.4 is 0 Å². The van der Waals surface area contributed by atoms with Gasteiger partial charge in [0.05, 0.1) is 0 Å². The Morgan fingerprint density at radius 3 is 2.56 bits per heavy atom. The van der Waals surface area contributed by atoms with Crippen LogP contribution in [-0.2, 0) is 9.84 Å². The van der Waals surface area contributed by atoms with Crippen molar-refractivity contribution in [3.63, 3.8) is 0 Å². The summed E-state index contributed by atoms with van der Waals surface area (Å²) < 4.78 is 21.7. The van der Waals surface area contributed by atoms with Crippen molar-refractivity contribution in [2.24, 2.45) is 0 Å². The molecule has 0 N–H and O–H groups in total. The maximum absolute atomic E-state index is 10.7. The standard InChI is InChI=1S/C5H5O2S2/c1-9(6,7)5-3-2-4-8-5/h2,4H,1H3. The smallest absolute Gasteiger partial charge is 0.185 e. The molecule has 1 radical (unpaired) electrons. The second kappa shape index (κ2) is 2.11. The number of thiophene rings is 1. The molecule has 0 aliphatic rings. The average molecular weight is 161 g/mol. The Balaban J connectivity index is 3.20. The molecule has 0 saturated heterocycles. The molecular weight excluding hydrogens is 156 g/mol. The first kappa shape index (κ1) is 6.77. The van der Waals surface area contributed by atoms with Crippen molar-refractivity contribution < 1.29 is 8.42 Å². The number of hydrogen-bond donors (Lipinski definition) is 0. The van der Waals surface area contributed by atoms with Gasteiger partial charge in [0.25, 0.3) is 0 Å². The Kier molecular flexibility index (Phi) is 1.59. The van der Waals surface area contributed by atoms with Gasteiger partial charge in [0.15, 0.2) is 9.84 Å². The van der Waals surface area contributed by atoms with E-state index >= 15 is 0 Å². The van der Waals surface area contributed by atoms with Gasteiger partial charge in [-0.3, -0.25) is 0 Å². The Labute approximate surface area is 58.1 Å². The maximum Gasteiger partial charge on any atom is 0.185 e. The normalized spacial score (nSPS) is 11.7. The van der Waals surface area contributed by atoms with Crippen molar-refractivity contribution in [1.29, 1.82) is 0 Å². The minimum absolute atomic E-state index is 0.308. The molecule has 0 saturated carbocycles. The molecule has 49 valence electrons. The molecular formula is C5H5O2S2. The largest absolute Gasteiger partial charge is 0.223 e. The maximum atomic E-state index is 10.7. The molecule has 1 aromatic rings. The highest BCUT2D eigenvalue weighted by Crippen LogP contribution is 2.13. The Bertz CT molecular complexity index is 270. The predicted octanol–water partition coefficient (Wildman–Crippen LogP) is 0.952. The van der Waals surface area contributed by atoms with Crippen LogP contribution in [-0.4, -0.2) is 14.7 Å². The third-order valence-electron chi connectivity index (χ3n) is 0.781. The number of sulfone groups is 1. The van der Waals surface area contributed by atoms with Crippen molar-refractivity contribution in [2.45, 2.75) is 4.21 Å². The van der Waals surface area contributed by atoms with Crippen LogP contribution >= 0.6 is 11.3 Å². The third-order valence-corrected chi connectivity index (χ3v) is 3.37. The monoisotopic (exact) mass is 161 g/mol. The lowest BCUT2D eigenvalue weighted by atomic mass is 10.7. The molecule has 0 amide bonds. The van der Waals surface area contributed by atoms with Gasteiger partial charge in [0.1, 0.15) is 4.21 Å². The summed E-state index contributed by atoms with van der Waals surface area (Å²) in [6.07, 6.45) is 1.18. The summed E-state index contributed by atoms with van der Waals surface area (Å²) in [7, 11) is -3.00. The fraction of sp³-hybridized carbons (Fsp3) is 0.200. The first-order valence-electron chi connectivity index (χ1n) is 2.26. The predicted molar refractivity (Wildman–Crippen MR) is 36.3 cm³/mol. The van der Waals surface area contributed by atoms with Crippen molar-refractivity contribution in [3.05, 3.63) is 17.5 Å². The zero-order chi connectivity index (χ0) is 6.91. The van der Waals surface area contributed by atoms with Crippen LogP contribution in [0.3, 0.4) is 0 Å². The summed E-state index contributed by atoms with van der Waals surface area (Å²) in [4.78, 5) is 0. The lowest BCUT2D eigenvalue weighted by molar-refractivity contribution is 0.603. The Hall–Kier alpha value is -0.350. The molecule has 1 aromatic heterocycles. The van der Waals surface area contributed by atoms with Crippen LogP contribution in [0.1, 0.15) is 0 Å². The van der Waals surface area contributed by atoms with Gasteiger partial charge in [0.2, 0.25) is 0 Å². The summed E-state index contributed by atoms with van der Waals surface area (Å²) >= 11 is 1.19. The SMILES string of the molecule is CS(=O)(=O)c1[c]ccs1. The van der Waals surface area contributed by atoms with Crippen molar-refractivity contribution in [2.75, 3.05) is 6.26 Å². The summed E-state index contributed by atoms with van der Waals surface area (Å²) in [6.45, 7) is 0. The van der Waals surface area contributed by atoms with Gasteiger partial charge in [-0.1, -0.05) is 0 Å². The van der Waals surface area contributed by atoms with Crippen LogP contribution in [0.4, 0.5) is 0 Å². The molecule has 0 aliphatic heterocycles. The summed E-state index contributed by atoms with van der Waals surface area (Å²) in [5.74, 6) is 0. The van der Waals surface area contributed by atoms with Gasteiger partial charge < -0.3 is 0 Å². The molecule has 0 aromatic carbocycles. The molecule has 0 fully saturated rings. The van der Waals surface area contributed by atoms with E-state index in [1.54, 1.807) is 11.4 Å². The van der Waals surface area contributed by atoms with E-state index in [-0.39, 0.29) is 0 Å². The van der Waals surface area contributed by atoms with Crippen LogP contribution in [0, 0.1) is 6.07 Å². The molecule has 0 aliphatic carbocycles. The third kappa shape index (κ3) is 1.53. The van der Waals surface area contributed by atoms with Crippen LogP contribution in [0.25, 0.3) is 0 Å². The molecule has 0 spiro atoms. The Morgan fingerprint density at radius 1 is 1.67 bits per heavy atom. The minimum Gasteiger partial charge on any atom is -0.223 e. The molecule has 0 atom stereocenters. The molecule has 1 rings (SSSR count). The van der Waals surface area contributed by atoms with Gasteiger partial charge >= 0.3 is 0 Å². The minimum atomic E-state index is -3.00. The van der Waals surface area contributed by atoms with E-state index in [9.17, 15) is 8.42 Å². The van der Waals surface area contributed by atoms with E-state index < -0.39 is 9.84 Å². The van der Waals surface area contributed by atoms with Crippen LogP contribution in [0.5, 0.6) is 0 Å². The summed E-state index contributed by atoms with van der Waals surface area (Å²) in [5, 5.41) is 1.69. The second-order valence-corrected chi connectivity index (χ2v) is 4.75. The lowest BCUT2D eigenvalue weighted by Gasteiger charge is -1.85. The first-order valence-corrected chi connectivity index (χ1v) is 5.03. The zero-order valence-electron chi connectivity index (χ0n) is 4.79. The molecule has 0 bridgehead atoms. The lowest BCUT2D eigenvalue weighted by Crippen LogP contribution is -1.91. The van der Waals surface area contributed by atoms with Crippen molar-refractivity contribution in [3.8, 4) is 0 Å². The van der Waals surface area contributed by atoms with E-state index in [1.807, 2.05) is 0 Å². The van der Waals surface area contributed by atoms with E-state index in [1.165, 1.54) is 17.6 Å². The van der Waals surface area contributed by atoms with E-state index in [0.29, 0.717) is 4.21 Å². The summed E-state index contributed by atoms with van der Waals surface area (Å²) in [6, 6.07) is 4.21. The van der Waals surface area contributed by atoms with Crippen molar-refractivity contribution >= 4 is 21.2 Å². The van der Waals surface area contributed by atoms with Crippen molar-refractivity contribution in [1.82, 2.24) is 0 Å². The molecule has 9 heavy (non-hydrogen) atoms. The van der Waals surface area contributed by atoms with Gasteiger partial charge in [0, 0.05) is 12.3 Å². The highest BCUT2D eigenvalue weighted by atomic mass is 32.2. The molecule has 1 heterocycles. The number of rotatable bonds is 1. The highest BCUT2D eigenvalue weighted by molar-refractivity contribution is 7.92. The highest BCUT2D eigenvalue weighted by Gasteiger charge is 2.05. The zero-order valence-corrected chi connectivity index (χ0v) is 6.42. The van der Waals surface area contributed by atoms with E-state index in [0.717, 1.165) is 0 Å². The second-order valence-electron chi connectivity index (χ2n) is 1.62. The van der Waals surface area contributed by atoms with Crippen LogP contribution in [0.15, 0.2) is 15.7 Å². The fourth-order valence-electron chi connectivity index (χ4n) is 0.426. The van der Waals surface area contributed by atoms with Gasteiger partial charge in [-0.15, -0.1) is 11.3 Å². The molecule has 4 heteroatoms. The van der Waals surface area contributed by atoms with Gasteiger partial charge in [-0.2, -0.15) is 0 Å². The molecule has 0 unspecified atom stereocenters. The fourth-order valence-corrected chi connectivity index (χ4v) is 1.97. The van der Waals surface area contributed by atoms with E-state index in [2.05, 4.69) is 6.07 Å². The summed E-state index contributed by atoms with van der Waals surface area (Å²) in [5.41, 5.74) is 0. The first-order chi connectivity index (χ1) is 4.11. The molecule has 2 nitrogen and oxygen atoms in total. The number of hydrogen-bond acceptors (Lipinski definition) is 3. The average Bonchev–Trinajstić information content (AvgIpc) is 2.08. The van der Waals surface area contributed by atoms with Crippen LogP contribution in [0.2, 0.25) is 0 Å².